The minimum Gasteiger partial charge on any atom is -0.497 e. The second-order valence-corrected chi connectivity index (χ2v) is 8.13. The summed E-state index contributed by atoms with van der Waals surface area (Å²) in [5.41, 5.74) is 1.44. The minimum atomic E-state index is 0.177. The van der Waals surface area contributed by atoms with E-state index in [2.05, 4.69) is 26.1 Å². The van der Waals surface area contributed by atoms with Crippen LogP contribution in [0.5, 0.6) is 11.5 Å². The molecule has 2 rings (SSSR count). The van der Waals surface area contributed by atoms with Crippen LogP contribution in [-0.4, -0.2) is 26.7 Å². The molecule has 4 heteroatoms. The molecule has 0 bridgehead atoms. The molecule has 140 valence electrons. The van der Waals surface area contributed by atoms with Crippen molar-refractivity contribution in [2.45, 2.75) is 52.9 Å². The summed E-state index contributed by atoms with van der Waals surface area (Å²) in [6, 6.07) is 5.80. The van der Waals surface area contributed by atoms with Crippen molar-refractivity contribution in [3.05, 3.63) is 23.8 Å². The van der Waals surface area contributed by atoms with Gasteiger partial charge in [0.15, 0.2) is 0 Å². The van der Waals surface area contributed by atoms with E-state index in [-0.39, 0.29) is 11.8 Å². The molecular weight excluding hydrogens is 314 g/mol. The third kappa shape index (κ3) is 5.38. The summed E-state index contributed by atoms with van der Waals surface area (Å²) in [4.78, 5) is 12.4. The van der Waals surface area contributed by atoms with Crippen molar-refractivity contribution in [1.29, 1.82) is 0 Å². The molecule has 0 spiro atoms. The Kier molecular flexibility index (Phi) is 6.74. The summed E-state index contributed by atoms with van der Waals surface area (Å²) in [5.74, 6) is 2.70. The van der Waals surface area contributed by atoms with Gasteiger partial charge in [-0.3, -0.25) is 4.79 Å². The highest BCUT2D eigenvalue weighted by Crippen LogP contribution is 2.39. The van der Waals surface area contributed by atoms with E-state index in [4.69, 9.17) is 9.47 Å². The van der Waals surface area contributed by atoms with E-state index in [0.29, 0.717) is 12.0 Å². The molecule has 1 aliphatic carbocycles. The van der Waals surface area contributed by atoms with E-state index in [1.807, 2.05) is 18.2 Å². The van der Waals surface area contributed by atoms with E-state index in [0.717, 1.165) is 55.1 Å². The highest BCUT2D eigenvalue weighted by atomic mass is 16.5. The van der Waals surface area contributed by atoms with E-state index < -0.39 is 0 Å². The fraction of sp³-hybridized carbons (Fsp3) is 0.667. The summed E-state index contributed by atoms with van der Waals surface area (Å²) in [7, 11) is 3.30. The van der Waals surface area contributed by atoms with Gasteiger partial charge < -0.3 is 14.8 Å². The van der Waals surface area contributed by atoms with Crippen molar-refractivity contribution in [1.82, 2.24) is 5.32 Å². The maximum atomic E-state index is 12.4. The minimum absolute atomic E-state index is 0.177. The smallest absolute Gasteiger partial charge is 0.223 e. The zero-order valence-corrected chi connectivity index (χ0v) is 16.4. The average molecular weight is 347 g/mol. The zero-order valence-electron chi connectivity index (χ0n) is 16.4. The van der Waals surface area contributed by atoms with E-state index in [1.165, 1.54) is 0 Å². The molecule has 0 radical (unpaired) electrons. The predicted octanol–water partition coefficient (Wildman–Crippen LogP) is 4.22. The maximum Gasteiger partial charge on any atom is 0.223 e. The molecule has 0 unspecified atom stereocenters. The second kappa shape index (κ2) is 8.59. The molecular formula is C21H33NO3. The summed E-state index contributed by atoms with van der Waals surface area (Å²) in [5, 5.41) is 3.11. The van der Waals surface area contributed by atoms with Crippen LogP contribution in [0.15, 0.2) is 18.2 Å². The average Bonchev–Trinajstić information content (AvgIpc) is 2.61. The van der Waals surface area contributed by atoms with Gasteiger partial charge in [-0.2, -0.15) is 0 Å². The van der Waals surface area contributed by atoms with E-state index >= 15 is 0 Å². The molecule has 0 atom stereocenters. The van der Waals surface area contributed by atoms with Crippen molar-refractivity contribution in [3.8, 4) is 11.5 Å². The Morgan fingerprint density at radius 1 is 1.12 bits per heavy atom. The molecule has 0 saturated heterocycles. The lowest BCUT2D eigenvalue weighted by atomic mass is 9.69. The largest absolute Gasteiger partial charge is 0.497 e. The molecule has 1 N–H and O–H groups in total. The molecule has 0 aromatic heterocycles. The zero-order chi connectivity index (χ0) is 18.4. The Labute approximate surface area is 152 Å². The predicted molar refractivity (Wildman–Crippen MR) is 101 cm³/mol. The number of hydrogen-bond donors (Lipinski definition) is 1. The topological polar surface area (TPSA) is 47.6 Å². The van der Waals surface area contributed by atoms with Crippen LogP contribution in [0, 0.1) is 17.3 Å². The lowest BCUT2D eigenvalue weighted by Gasteiger charge is -2.36. The quantitative estimate of drug-likeness (QED) is 0.838. The fourth-order valence-corrected chi connectivity index (χ4v) is 3.74. The first-order valence-electron chi connectivity index (χ1n) is 9.33. The van der Waals surface area contributed by atoms with Crippen molar-refractivity contribution in [3.63, 3.8) is 0 Å². The maximum absolute atomic E-state index is 12.4. The number of hydrogen-bond acceptors (Lipinski definition) is 3. The monoisotopic (exact) mass is 347 g/mol. The van der Waals surface area contributed by atoms with Gasteiger partial charge in [-0.15, -0.1) is 0 Å². The standard InChI is InChI=1S/C21H33NO3/c1-21(2,3)17-9-6-16(7-10-17)20(23)22-13-12-15-8-11-18(24-4)14-19(15)25-5/h8,11,14,16-17H,6-7,9-10,12-13H2,1-5H3,(H,22,23). The highest BCUT2D eigenvalue weighted by Gasteiger charge is 2.32. The van der Waals surface area contributed by atoms with Gasteiger partial charge in [0, 0.05) is 18.5 Å². The van der Waals surface area contributed by atoms with Crippen molar-refractivity contribution in [2.75, 3.05) is 20.8 Å². The number of carbonyl (C=O) groups excluding carboxylic acids is 1. The van der Waals surface area contributed by atoms with Crippen LogP contribution in [0.4, 0.5) is 0 Å². The lowest BCUT2D eigenvalue weighted by Crippen LogP contribution is -2.36. The van der Waals surface area contributed by atoms with Crippen LogP contribution >= 0.6 is 0 Å². The summed E-state index contributed by atoms with van der Waals surface area (Å²) >= 11 is 0. The molecule has 0 aliphatic heterocycles. The fourth-order valence-electron chi connectivity index (χ4n) is 3.74. The second-order valence-electron chi connectivity index (χ2n) is 8.13. The first-order valence-corrected chi connectivity index (χ1v) is 9.33. The molecule has 1 aromatic carbocycles. The molecule has 1 saturated carbocycles. The Morgan fingerprint density at radius 3 is 2.36 bits per heavy atom. The number of ether oxygens (including phenoxy) is 2. The Balaban J connectivity index is 1.80. The van der Waals surface area contributed by atoms with Crippen LogP contribution in [0.25, 0.3) is 0 Å². The number of rotatable bonds is 6. The Morgan fingerprint density at radius 2 is 1.80 bits per heavy atom. The van der Waals surface area contributed by atoms with Crippen LogP contribution in [0.3, 0.4) is 0 Å². The summed E-state index contributed by atoms with van der Waals surface area (Å²) in [6.07, 6.45) is 5.11. The number of nitrogens with one attached hydrogen (secondary N) is 1. The van der Waals surface area contributed by atoms with Gasteiger partial charge >= 0.3 is 0 Å². The van der Waals surface area contributed by atoms with Gasteiger partial charge in [-0.1, -0.05) is 26.8 Å². The van der Waals surface area contributed by atoms with Gasteiger partial charge in [0.05, 0.1) is 14.2 Å². The van der Waals surface area contributed by atoms with Gasteiger partial charge in [-0.05, 0) is 55.1 Å². The summed E-state index contributed by atoms with van der Waals surface area (Å²) < 4.78 is 10.6. The normalized spacial score (nSPS) is 20.8. The SMILES string of the molecule is COc1ccc(CCNC(=O)C2CCC(C(C)(C)C)CC2)c(OC)c1. The van der Waals surface area contributed by atoms with Gasteiger partial charge in [-0.25, -0.2) is 0 Å². The molecule has 1 amide bonds. The van der Waals surface area contributed by atoms with Crippen molar-refractivity contribution >= 4 is 5.91 Å². The Bertz CT molecular complexity index is 569. The Hall–Kier alpha value is -1.71. The van der Waals surface area contributed by atoms with Gasteiger partial charge in [0.1, 0.15) is 11.5 Å². The van der Waals surface area contributed by atoms with Gasteiger partial charge in [0.25, 0.3) is 0 Å². The van der Waals surface area contributed by atoms with Crippen LogP contribution in [-0.2, 0) is 11.2 Å². The van der Waals surface area contributed by atoms with Gasteiger partial charge in [0.2, 0.25) is 5.91 Å². The number of carbonyl (C=O) groups is 1. The van der Waals surface area contributed by atoms with Crippen LogP contribution in [0.2, 0.25) is 0 Å². The third-order valence-corrected chi connectivity index (χ3v) is 5.51. The number of methoxy groups -OCH3 is 2. The third-order valence-electron chi connectivity index (χ3n) is 5.51. The van der Waals surface area contributed by atoms with Crippen LogP contribution in [0.1, 0.15) is 52.0 Å². The molecule has 4 nitrogen and oxygen atoms in total. The lowest BCUT2D eigenvalue weighted by molar-refractivity contribution is -0.126. The van der Waals surface area contributed by atoms with Crippen molar-refractivity contribution < 1.29 is 14.3 Å². The molecule has 1 fully saturated rings. The summed E-state index contributed by atoms with van der Waals surface area (Å²) in [6.45, 7) is 7.56. The van der Waals surface area contributed by atoms with E-state index in [9.17, 15) is 4.79 Å². The molecule has 1 aromatic rings. The first-order chi connectivity index (χ1) is 11.8. The first kappa shape index (κ1) is 19.6. The molecule has 0 heterocycles. The van der Waals surface area contributed by atoms with Crippen molar-refractivity contribution in [2.24, 2.45) is 17.3 Å². The van der Waals surface area contributed by atoms with Crippen LogP contribution < -0.4 is 14.8 Å². The molecule has 1 aliphatic rings. The van der Waals surface area contributed by atoms with E-state index in [1.54, 1.807) is 14.2 Å². The number of benzene rings is 1. The number of amides is 1. The molecule has 25 heavy (non-hydrogen) atoms. The highest BCUT2D eigenvalue weighted by molar-refractivity contribution is 5.78.